The lowest BCUT2D eigenvalue weighted by Crippen LogP contribution is -2.28. The molecule has 0 amide bonds. The van der Waals surface area contributed by atoms with Crippen molar-refractivity contribution in [3.63, 3.8) is 0 Å². The first-order chi connectivity index (χ1) is 10.7. The molecule has 0 aromatic carbocycles. The number of carbonyl (C=O) groups excluding carboxylic acids is 2. The largest absolute Gasteiger partial charge is 0.465 e. The first kappa shape index (κ1) is 16.7. The van der Waals surface area contributed by atoms with Crippen molar-refractivity contribution in [3.05, 3.63) is 44.8 Å². The van der Waals surface area contributed by atoms with Crippen LogP contribution in [0, 0.1) is 0 Å². The molecule has 22 heavy (non-hydrogen) atoms. The maximum absolute atomic E-state index is 12.5. The van der Waals surface area contributed by atoms with E-state index in [4.69, 9.17) is 9.47 Å². The van der Waals surface area contributed by atoms with Gasteiger partial charge >= 0.3 is 11.9 Å². The van der Waals surface area contributed by atoms with Crippen molar-refractivity contribution in [2.24, 2.45) is 0 Å². The molecule has 2 atom stereocenters. The molecule has 0 aliphatic carbocycles. The second-order valence-electron chi connectivity index (χ2n) is 4.53. The maximum atomic E-state index is 12.5. The van der Waals surface area contributed by atoms with Gasteiger partial charge in [-0.15, -0.1) is 11.3 Å². The number of esters is 2. The van der Waals surface area contributed by atoms with Crippen molar-refractivity contribution in [2.45, 2.75) is 25.7 Å². The third-order valence-corrected chi connectivity index (χ3v) is 4.82. The molecule has 0 spiro atoms. The van der Waals surface area contributed by atoms with E-state index in [1.54, 1.807) is 13.8 Å². The van der Waals surface area contributed by atoms with Crippen LogP contribution in [0.1, 0.15) is 36.1 Å². The fourth-order valence-corrected chi connectivity index (χ4v) is 3.81. The van der Waals surface area contributed by atoms with Crippen LogP contribution in [0.3, 0.4) is 0 Å². The SMILES string of the molecule is CCOC(=O)[C@H](c1ccsc1)[C@@H](C(=O)OCC)c1cccs1. The molecule has 0 saturated heterocycles. The van der Waals surface area contributed by atoms with Gasteiger partial charge in [0.1, 0.15) is 11.8 Å². The predicted octanol–water partition coefficient (Wildman–Crippen LogP) is 3.80. The Morgan fingerprint density at radius 2 is 1.73 bits per heavy atom. The minimum atomic E-state index is -0.677. The number of rotatable bonds is 7. The van der Waals surface area contributed by atoms with Gasteiger partial charge in [-0.3, -0.25) is 9.59 Å². The van der Waals surface area contributed by atoms with E-state index in [0.717, 1.165) is 10.4 Å². The van der Waals surface area contributed by atoms with Gasteiger partial charge in [0.2, 0.25) is 0 Å². The molecule has 118 valence electrons. The van der Waals surface area contributed by atoms with Crippen molar-refractivity contribution in [1.82, 2.24) is 0 Å². The fourth-order valence-electron chi connectivity index (χ4n) is 2.27. The lowest BCUT2D eigenvalue weighted by Gasteiger charge is -2.22. The van der Waals surface area contributed by atoms with Crippen molar-refractivity contribution in [1.29, 1.82) is 0 Å². The van der Waals surface area contributed by atoms with Gasteiger partial charge in [-0.25, -0.2) is 0 Å². The summed E-state index contributed by atoms with van der Waals surface area (Å²) in [7, 11) is 0. The van der Waals surface area contributed by atoms with Gasteiger partial charge in [-0.1, -0.05) is 6.07 Å². The predicted molar refractivity (Wildman–Crippen MR) is 87.4 cm³/mol. The van der Waals surface area contributed by atoms with E-state index in [9.17, 15) is 9.59 Å². The topological polar surface area (TPSA) is 52.6 Å². The summed E-state index contributed by atoms with van der Waals surface area (Å²) in [5, 5.41) is 5.65. The summed E-state index contributed by atoms with van der Waals surface area (Å²) >= 11 is 2.93. The normalized spacial score (nSPS) is 13.4. The number of ether oxygens (including phenoxy) is 2. The number of carbonyl (C=O) groups is 2. The van der Waals surface area contributed by atoms with Crippen molar-refractivity contribution < 1.29 is 19.1 Å². The summed E-state index contributed by atoms with van der Waals surface area (Å²) in [5.41, 5.74) is 0.787. The average Bonchev–Trinajstić information content (AvgIpc) is 3.18. The van der Waals surface area contributed by atoms with E-state index in [1.807, 2.05) is 34.3 Å². The van der Waals surface area contributed by atoms with Crippen LogP contribution in [0.4, 0.5) is 0 Å². The molecule has 0 saturated carbocycles. The van der Waals surface area contributed by atoms with Crippen LogP contribution in [0.2, 0.25) is 0 Å². The minimum absolute atomic E-state index is 0.277. The zero-order valence-electron chi connectivity index (χ0n) is 12.5. The Kier molecular flexibility index (Phi) is 6.15. The number of hydrogen-bond acceptors (Lipinski definition) is 6. The first-order valence-corrected chi connectivity index (χ1v) is 8.90. The van der Waals surface area contributed by atoms with E-state index < -0.39 is 23.8 Å². The Labute approximate surface area is 137 Å². The van der Waals surface area contributed by atoms with Crippen LogP contribution < -0.4 is 0 Å². The Morgan fingerprint density at radius 3 is 2.23 bits per heavy atom. The zero-order chi connectivity index (χ0) is 15.9. The molecule has 6 heteroatoms. The molecule has 0 unspecified atom stereocenters. The number of hydrogen-bond donors (Lipinski definition) is 0. The van der Waals surface area contributed by atoms with E-state index in [-0.39, 0.29) is 13.2 Å². The monoisotopic (exact) mass is 338 g/mol. The van der Waals surface area contributed by atoms with Crippen LogP contribution in [0.5, 0.6) is 0 Å². The summed E-state index contributed by atoms with van der Waals surface area (Å²) in [6, 6.07) is 5.57. The smallest absolute Gasteiger partial charge is 0.315 e. The van der Waals surface area contributed by atoms with Gasteiger partial charge in [0.25, 0.3) is 0 Å². The second kappa shape index (κ2) is 8.10. The van der Waals surface area contributed by atoms with Crippen LogP contribution in [-0.2, 0) is 19.1 Å². The summed E-state index contributed by atoms with van der Waals surface area (Å²) in [5.74, 6) is -2.14. The molecular formula is C16H18O4S2. The van der Waals surface area contributed by atoms with Crippen LogP contribution >= 0.6 is 22.7 Å². The quantitative estimate of drug-likeness (QED) is 0.721. The molecular weight excluding hydrogens is 320 g/mol. The highest BCUT2D eigenvalue weighted by molar-refractivity contribution is 7.10. The maximum Gasteiger partial charge on any atom is 0.315 e. The molecule has 0 N–H and O–H groups in total. The van der Waals surface area contributed by atoms with E-state index in [2.05, 4.69) is 0 Å². The van der Waals surface area contributed by atoms with Gasteiger partial charge < -0.3 is 9.47 Å². The molecule has 0 aliphatic heterocycles. The third-order valence-electron chi connectivity index (χ3n) is 3.17. The molecule has 0 fully saturated rings. The van der Waals surface area contributed by atoms with Gasteiger partial charge in [0.05, 0.1) is 13.2 Å². The van der Waals surface area contributed by atoms with Gasteiger partial charge in [-0.05, 0) is 47.7 Å². The highest BCUT2D eigenvalue weighted by atomic mass is 32.1. The molecule has 0 aliphatic rings. The standard InChI is InChI=1S/C16H18O4S2/c1-3-19-15(17)13(11-7-9-21-10-11)14(16(18)20-4-2)12-6-5-8-22-12/h5-10,13-14H,3-4H2,1-2H3/t13-,14+/m1/s1. The summed E-state index contributed by atoms with van der Waals surface area (Å²) in [6.45, 7) is 4.07. The van der Waals surface area contributed by atoms with E-state index in [1.165, 1.54) is 22.7 Å². The lowest BCUT2D eigenvalue weighted by atomic mass is 9.86. The highest BCUT2D eigenvalue weighted by Gasteiger charge is 2.39. The molecule has 0 radical (unpaired) electrons. The lowest BCUT2D eigenvalue weighted by molar-refractivity contribution is -0.153. The average molecular weight is 338 g/mol. The van der Waals surface area contributed by atoms with Crippen LogP contribution in [0.25, 0.3) is 0 Å². The molecule has 2 aromatic rings. The fraction of sp³-hybridized carbons (Fsp3) is 0.375. The summed E-state index contributed by atoms with van der Waals surface area (Å²) in [6.07, 6.45) is 0. The summed E-state index contributed by atoms with van der Waals surface area (Å²) in [4.78, 5) is 25.7. The third kappa shape index (κ3) is 3.75. The summed E-state index contributed by atoms with van der Waals surface area (Å²) < 4.78 is 10.4. The molecule has 2 rings (SSSR count). The molecule has 2 heterocycles. The van der Waals surface area contributed by atoms with E-state index >= 15 is 0 Å². The highest BCUT2D eigenvalue weighted by Crippen LogP contribution is 2.38. The zero-order valence-corrected chi connectivity index (χ0v) is 14.1. The second-order valence-corrected chi connectivity index (χ2v) is 6.29. The van der Waals surface area contributed by atoms with Crippen LogP contribution in [-0.4, -0.2) is 25.2 Å². The Bertz CT molecular complexity index is 535. The minimum Gasteiger partial charge on any atom is -0.465 e. The molecule has 4 nitrogen and oxygen atoms in total. The Hall–Kier alpha value is -1.66. The molecule has 0 bridgehead atoms. The van der Waals surface area contributed by atoms with Gasteiger partial charge in [-0.2, -0.15) is 11.3 Å². The van der Waals surface area contributed by atoms with E-state index in [0.29, 0.717) is 0 Å². The molecule has 2 aromatic heterocycles. The van der Waals surface area contributed by atoms with Gasteiger partial charge in [0.15, 0.2) is 0 Å². The first-order valence-electron chi connectivity index (χ1n) is 7.07. The van der Waals surface area contributed by atoms with Crippen molar-refractivity contribution in [3.8, 4) is 0 Å². The van der Waals surface area contributed by atoms with Gasteiger partial charge in [0, 0.05) is 4.88 Å². The van der Waals surface area contributed by atoms with Crippen LogP contribution in [0.15, 0.2) is 34.3 Å². The number of thiophene rings is 2. The Morgan fingerprint density at radius 1 is 1.05 bits per heavy atom. The van der Waals surface area contributed by atoms with Crippen molar-refractivity contribution in [2.75, 3.05) is 13.2 Å². The van der Waals surface area contributed by atoms with Crippen molar-refractivity contribution >= 4 is 34.6 Å². The Balaban J connectivity index is 2.43.